The first-order valence-corrected chi connectivity index (χ1v) is 6.04. The summed E-state index contributed by atoms with van der Waals surface area (Å²) in [5, 5.41) is 5.92. The number of amides is 1. The first-order valence-electron chi connectivity index (χ1n) is 6.04. The molecular formula is C13H20N2O2. The minimum atomic E-state index is -0.409. The Morgan fingerprint density at radius 3 is 2.65 bits per heavy atom. The quantitative estimate of drug-likeness (QED) is 0.713. The maximum absolute atomic E-state index is 11.3. The lowest BCUT2D eigenvalue weighted by Crippen LogP contribution is -2.33. The predicted molar refractivity (Wildman–Crippen MR) is 68.2 cm³/mol. The number of para-hydroxylation sites is 1. The van der Waals surface area contributed by atoms with Crippen molar-refractivity contribution >= 4 is 6.09 Å². The fourth-order valence-electron chi connectivity index (χ4n) is 1.31. The number of unbranched alkanes of at least 4 members (excludes halogenated alkanes) is 1. The standard InChI is InChI=1S/C13H20N2O2/c1-2-3-9-14-10-11-15-13(16)17-12-7-5-4-6-8-12/h4-8,14H,2-3,9-11H2,1H3,(H,15,16). The van der Waals surface area contributed by atoms with Gasteiger partial charge in [0.25, 0.3) is 0 Å². The molecule has 0 heterocycles. The van der Waals surface area contributed by atoms with E-state index in [4.69, 9.17) is 4.74 Å². The average molecular weight is 236 g/mol. The molecular weight excluding hydrogens is 216 g/mol. The summed E-state index contributed by atoms with van der Waals surface area (Å²) in [6.07, 6.45) is 1.93. The molecule has 0 aromatic heterocycles. The van der Waals surface area contributed by atoms with Gasteiger partial charge in [-0.25, -0.2) is 4.79 Å². The Morgan fingerprint density at radius 1 is 1.18 bits per heavy atom. The van der Waals surface area contributed by atoms with Crippen molar-refractivity contribution in [1.82, 2.24) is 10.6 Å². The summed E-state index contributed by atoms with van der Waals surface area (Å²) in [6.45, 7) is 4.49. The van der Waals surface area contributed by atoms with E-state index in [9.17, 15) is 4.79 Å². The Bertz CT molecular complexity index is 314. The molecule has 4 heteroatoms. The first-order chi connectivity index (χ1) is 8.33. The molecule has 2 N–H and O–H groups in total. The highest BCUT2D eigenvalue weighted by molar-refractivity contribution is 5.70. The van der Waals surface area contributed by atoms with Crippen molar-refractivity contribution in [2.45, 2.75) is 19.8 Å². The van der Waals surface area contributed by atoms with E-state index in [1.165, 1.54) is 6.42 Å². The van der Waals surface area contributed by atoms with Crippen LogP contribution in [0.2, 0.25) is 0 Å². The highest BCUT2D eigenvalue weighted by atomic mass is 16.5. The Hall–Kier alpha value is -1.55. The molecule has 0 fully saturated rings. The highest BCUT2D eigenvalue weighted by Gasteiger charge is 2.01. The normalized spacial score (nSPS) is 9.94. The van der Waals surface area contributed by atoms with Crippen LogP contribution in [0, 0.1) is 0 Å². The van der Waals surface area contributed by atoms with Crippen LogP contribution in [0.4, 0.5) is 4.79 Å². The number of hydrogen-bond acceptors (Lipinski definition) is 3. The van der Waals surface area contributed by atoms with E-state index in [1.807, 2.05) is 18.2 Å². The third kappa shape index (κ3) is 6.58. The molecule has 0 spiro atoms. The number of ether oxygens (including phenoxy) is 1. The van der Waals surface area contributed by atoms with Crippen molar-refractivity contribution in [1.29, 1.82) is 0 Å². The molecule has 0 bridgehead atoms. The monoisotopic (exact) mass is 236 g/mol. The maximum atomic E-state index is 11.3. The number of nitrogens with one attached hydrogen (secondary N) is 2. The fraction of sp³-hybridized carbons (Fsp3) is 0.462. The third-order valence-corrected chi connectivity index (χ3v) is 2.23. The van der Waals surface area contributed by atoms with Crippen molar-refractivity contribution in [2.75, 3.05) is 19.6 Å². The topological polar surface area (TPSA) is 50.4 Å². The highest BCUT2D eigenvalue weighted by Crippen LogP contribution is 2.07. The van der Waals surface area contributed by atoms with Crippen LogP contribution in [0.1, 0.15) is 19.8 Å². The third-order valence-electron chi connectivity index (χ3n) is 2.23. The Labute approximate surface area is 102 Å². The van der Waals surface area contributed by atoms with Crippen LogP contribution in [0.5, 0.6) is 5.75 Å². The summed E-state index contributed by atoms with van der Waals surface area (Å²) in [6, 6.07) is 9.03. The van der Waals surface area contributed by atoms with Crippen LogP contribution < -0.4 is 15.4 Å². The molecule has 4 nitrogen and oxygen atoms in total. The van der Waals surface area contributed by atoms with Gasteiger partial charge in [0.2, 0.25) is 0 Å². The molecule has 0 atom stereocenters. The van der Waals surface area contributed by atoms with Crippen molar-refractivity contribution < 1.29 is 9.53 Å². The molecule has 1 amide bonds. The van der Waals surface area contributed by atoms with Crippen LogP contribution in [-0.2, 0) is 0 Å². The molecule has 94 valence electrons. The molecule has 1 aromatic rings. The van der Waals surface area contributed by atoms with Gasteiger partial charge in [0, 0.05) is 13.1 Å². The number of carbonyl (C=O) groups is 1. The van der Waals surface area contributed by atoms with Crippen molar-refractivity contribution in [3.05, 3.63) is 30.3 Å². The van der Waals surface area contributed by atoms with E-state index in [2.05, 4.69) is 17.6 Å². The van der Waals surface area contributed by atoms with Crippen LogP contribution >= 0.6 is 0 Å². The lowest BCUT2D eigenvalue weighted by atomic mass is 10.3. The van der Waals surface area contributed by atoms with E-state index in [0.717, 1.165) is 19.5 Å². The number of rotatable bonds is 7. The van der Waals surface area contributed by atoms with E-state index in [1.54, 1.807) is 12.1 Å². The summed E-state index contributed by atoms with van der Waals surface area (Å²) in [4.78, 5) is 11.3. The largest absolute Gasteiger partial charge is 0.412 e. The van der Waals surface area contributed by atoms with Gasteiger partial charge in [0.1, 0.15) is 5.75 Å². The lowest BCUT2D eigenvalue weighted by molar-refractivity contribution is 0.200. The second-order valence-electron chi connectivity index (χ2n) is 3.73. The number of benzene rings is 1. The predicted octanol–water partition coefficient (Wildman–Crippen LogP) is 2.16. The van der Waals surface area contributed by atoms with E-state index >= 15 is 0 Å². The summed E-state index contributed by atoms with van der Waals surface area (Å²) in [7, 11) is 0. The number of carbonyl (C=O) groups excluding carboxylic acids is 1. The van der Waals surface area contributed by atoms with Gasteiger partial charge in [0.05, 0.1) is 0 Å². The average Bonchev–Trinajstić information content (AvgIpc) is 2.35. The van der Waals surface area contributed by atoms with Gasteiger partial charge in [0.15, 0.2) is 0 Å². The minimum Gasteiger partial charge on any atom is -0.410 e. The van der Waals surface area contributed by atoms with Crippen LogP contribution in [-0.4, -0.2) is 25.7 Å². The van der Waals surface area contributed by atoms with Gasteiger partial charge in [-0.15, -0.1) is 0 Å². The van der Waals surface area contributed by atoms with Gasteiger partial charge in [-0.05, 0) is 25.1 Å². The molecule has 0 aliphatic carbocycles. The zero-order chi connectivity index (χ0) is 12.3. The number of hydrogen-bond donors (Lipinski definition) is 2. The second-order valence-corrected chi connectivity index (χ2v) is 3.73. The van der Waals surface area contributed by atoms with Crippen LogP contribution in [0.3, 0.4) is 0 Å². The van der Waals surface area contributed by atoms with Crippen LogP contribution in [0.15, 0.2) is 30.3 Å². The summed E-state index contributed by atoms with van der Waals surface area (Å²) < 4.78 is 5.06. The molecule has 0 aliphatic rings. The van der Waals surface area contributed by atoms with E-state index in [-0.39, 0.29) is 0 Å². The zero-order valence-corrected chi connectivity index (χ0v) is 10.2. The Morgan fingerprint density at radius 2 is 1.94 bits per heavy atom. The fourth-order valence-corrected chi connectivity index (χ4v) is 1.31. The summed E-state index contributed by atoms with van der Waals surface area (Å²) >= 11 is 0. The molecule has 0 aliphatic heterocycles. The molecule has 0 unspecified atom stereocenters. The zero-order valence-electron chi connectivity index (χ0n) is 10.2. The second kappa shape index (κ2) is 8.58. The Balaban J connectivity index is 2.06. The molecule has 0 saturated heterocycles. The SMILES string of the molecule is CCCCNCCNC(=O)Oc1ccccc1. The van der Waals surface area contributed by atoms with E-state index in [0.29, 0.717) is 12.3 Å². The van der Waals surface area contributed by atoms with Crippen molar-refractivity contribution in [3.63, 3.8) is 0 Å². The summed E-state index contributed by atoms with van der Waals surface area (Å²) in [5.41, 5.74) is 0. The smallest absolute Gasteiger partial charge is 0.410 e. The van der Waals surface area contributed by atoms with Crippen molar-refractivity contribution in [2.24, 2.45) is 0 Å². The van der Waals surface area contributed by atoms with Gasteiger partial charge in [-0.2, -0.15) is 0 Å². The van der Waals surface area contributed by atoms with Gasteiger partial charge in [-0.3, -0.25) is 0 Å². The van der Waals surface area contributed by atoms with Crippen molar-refractivity contribution in [3.8, 4) is 5.75 Å². The lowest BCUT2D eigenvalue weighted by Gasteiger charge is -2.07. The Kier molecular flexibility index (Phi) is 6.82. The van der Waals surface area contributed by atoms with Gasteiger partial charge < -0.3 is 15.4 Å². The van der Waals surface area contributed by atoms with Gasteiger partial charge in [-0.1, -0.05) is 31.5 Å². The molecule has 1 rings (SSSR count). The molecule has 0 saturated carbocycles. The maximum Gasteiger partial charge on any atom is 0.412 e. The van der Waals surface area contributed by atoms with Crippen LogP contribution in [0.25, 0.3) is 0 Å². The molecule has 0 radical (unpaired) electrons. The first kappa shape index (κ1) is 13.5. The van der Waals surface area contributed by atoms with Gasteiger partial charge >= 0.3 is 6.09 Å². The molecule has 1 aromatic carbocycles. The summed E-state index contributed by atoms with van der Waals surface area (Å²) in [5.74, 6) is 0.559. The molecule has 17 heavy (non-hydrogen) atoms. The van der Waals surface area contributed by atoms with E-state index < -0.39 is 6.09 Å². The minimum absolute atomic E-state index is 0.409.